The smallest absolute Gasteiger partial charge is 0.311 e. The maximum Gasteiger partial charge on any atom is 0.311 e. The summed E-state index contributed by atoms with van der Waals surface area (Å²) in [7, 11) is 0. The van der Waals surface area contributed by atoms with Crippen LogP contribution in [0.15, 0.2) is 24.3 Å². The molecule has 1 heterocycles. The highest BCUT2D eigenvalue weighted by atomic mass is 16.5. The molecule has 136 valence electrons. The average molecular weight is 348 g/mol. The molecule has 0 spiro atoms. The minimum absolute atomic E-state index is 0.189. The number of benzene rings is 1. The van der Waals surface area contributed by atoms with Gasteiger partial charge < -0.3 is 20.1 Å². The number of piperidine rings is 1. The van der Waals surface area contributed by atoms with Crippen LogP contribution in [-0.4, -0.2) is 54.0 Å². The summed E-state index contributed by atoms with van der Waals surface area (Å²) in [6, 6.07) is 6.69. The molecule has 0 unspecified atom stereocenters. The predicted molar refractivity (Wildman–Crippen MR) is 90.8 cm³/mol. The largest absolute Gasteiger partial charge is 0.508 e. The van der Waals surface area contributed by atoms with Crippen molar-refractivity contribution in [2.24, 2.45) is 5.92 Å². The van der Waals surface area contributed by atoms with Gasteiger partial charge in [0.05, 0.1) is 12.5 Å². The first-order valence-electron chi connectivity index (χ1n) is 8.53. The number of nitrogens with one attached hydrogen (secondary N) is 1. The van der Waals surface area contributed by atoms with E-state index in [1.807, 2.05) is 0 Å². The molecule has 25 heavy (non-hydrogen) atoms. The lowest BCUT2D eigenvalue weighted by Gasteiger charge is -2.30. The fraction of sp³-hybridized carbons (Fsp3) is 0.500. The van der Waals surface area contributed by atoms with E-state index in [-0.39, 0.29) is 17.6 Å². The van der Waals surface area contributed by atoms with E-state index in [4.69, 9.17) is 4.74 Å². The Morgan fingerprint density at radius 1 is 1.20 bits per heavy atom. The zero-order chi connectivity index (χ0) is 18.2. The average Bonchev–Trinajstić information content (AvgIpc) is 2.63. The number of aromatic hydroxyl groups is 1. The number of carbonyl (C=O) groups is 3. The van der Waals surface area contributed by atoms with Gasteiger partial charge in [-0.1, -0.05) is 12.1 Å². The second-order valence-corrected chi connectivity index (χ2v) is 5.99. The van der Waals surface area contributed by atoms with Crippen molar-refractivity contribution in [3.8, 4) is 5.75 Å². The molecule has 0 radical (unpaired) electrons. The lowest BCUT2D eigenvalue weighted by atomic mass is 9.97. The summed E-state index contributed by atoms with van der Waals surface area (Å²) in [6.07, 6.45) is 1.61. The van der Waals surface area contributed by atoms with E-state index in [1.165, 1.54) is 4.90 Å². The van der Waals surface area contributed by atoms with Crippen molar-refractivity contribution < 1.29 is 24.2 Å². The van der Waals surface area contributed by atoms with Crippen LogP contribution in [0.1, 0.15) is 25.3 Å². The number of rotatable bonds is 5. The van der Waals surface area contributed by atoms with Crippen LogP contribution in [0.4, 0.5) is 0 Å². The number of nitrogens with zero attached hydrogens (tertiary/aromatic N) is 1. The van der Waals surface area contributed by atoms with Crippen LogP contribution in [0, 0.1) is 5.92 Å². The van der Waals surface area contributed by atoms with Gasteiger partial charge in [-0.2, -0.15) is 0 Å². The van der Waals surface area contributed by atoms with Crippen LogP contribution in [0.5, 0.6) is 5.75 Å². The summed E-state index contributed by atoms with van der Waals surface area (Å²) in [5.74, 6) is -1.43. The van der Waals surface area contributed by atoms with Gasteiger partial charge in [0, 0.05) is 19.6 Å². The van der Waals surface area contributed by atoms with Gasteiger partial charge in [-0.05, 0) is 43.9 Å². The molecule has 1 aliphatic rings. The molecule has 0 atom stereocenters. The number of phenols is 1. The monoisotopic (exact) mass is 348 g/mol. The maximum absolute atomic E-state index is 12.2. The third-order valence-electron chi connectivity index (χ3n) is 4.23. The van der Waals surface area contributed by atoms with Crippen LogP contribution >= 0.6 is 0 Å². The molecule has 1 aromatic rings. The van der Waals surface area contributed by atoms with Crippen molar-refractivity contribution in [2.75, 3.05) is 26.2 Å². The highest BCUT2D eigenvalue weighted by molar-refractivity contribution is 6.35. The second kappa shape index (κ2) is 9.05. The molecule has 7 nitrogen and oxygen atoms in total. The number of amides is 2. The molecule has 1 saturated heterocycles. The van der Waals surface area contributed by atoms with Crippen LogP contribution in [0.25, 0.3) is 0 Å². The van der Waals surface area contributed by atoms with E-state index >= 15 is 0 Å². The fourth-order valence-electron chi connectivity index (χ4n) is 2.78. The number of esters is 1. The summed E-state index contributed by atoms with van der Waals surface area (Å²) >= 11 is 0. The number of hydrogen-bond donors (Lipinski definition) is 2. The second-order valence-electron chi connectivity index (χ2n) is 5.99. The normalized spacial score (nSPS) is 14.8. The third kappa shape index (κ3) is 5.48. The van der Waals surface area contributed by atoms with Gasteiger partial charge in [0.1, 0.15) is 5.75 Å². The van der Waals surface area contributed by atoms with Crippen molar-refractivity contribution in [2.45, 2.75) is 26.2 Å². The third-order valence-corrected chi connectivity index (χ3v) is 4.23. The summed E-state index contributed by atoms with van der Waals surface area (Å²) < 4.78 is 4.99. The fourth-order valence-corrected chi connectivity index (χ4v) is 2.78. The van der Waals surface area contributed by atoms with E-state index in [2.05, 4.69) is 5.32 Å². The van der Waals surface area contributed by atoms with Crippen LogP contribution in [0.2, 0.25) is 0 Å². The standard InChI is InChI=1S/C18H24N2O5/c1-2-25-18(24)14-8-11-20(12-9-14)17(23)16(22)19-10-7-13-3-5-15(21)6-4-13/h3-6,14,21H,2,7-12H2,1H3,(H,19,22). The molecule has 1 aromatic carbocycles. The minimum Gasteiger partial charge on any atom is -0.508 e. The van der Waals surface area contributed by atoms with Crippen molar-refractivity contribution in [3.63, 3.8) is 0 Å². The quantitative estimate of drug-likeness (QED) is 0.608. The molecule has 2 amide bonds. The van der Waals surface area contributed by atoms with Gasteiger partial charge in [-0.3, -0.25) is 14.4 Å². The first kappa shape index (κ1) is 18.8. The van der Waals surface area contributed by atoms with Gasteiger partial charge in [-0.15, -0.1) is 0 Å². The molecule has 0 saturated carbocycles. The van der Waals surface area contributed by atoms with Crippen LogP contribution < -0.4 is 5.32 Å². The van der Waals surface area contributed by atoms with Crippen molar-refractivity contribution in [1.82, 2.24) is 10.2 Å². The predicted octanol–water partition coefficient (Wildman–Crippen LogP) is 0.853. The molecule has 0 aromatic heterocycles. The highest BCUT2D eigenvalue weighted by Gasteiger charge is 2.30. The Balaban J connectivity index is 1.72. The van der Waals surface area contributed by atoms with Gasteiger partial charge in [-0.25, -0.2) is 0 Å². The van der Waals surface area contributed by atoms with Crippen molar-refractivity contribution in [3.05, 3.63) is 29.8 Å². The lowest BCUT2D eigenvalue weighted by molar-refractivity contribution is -0.152. The van der Waals surface area contributed by atoms with Gasteiger partial charge in [0.15, 0.2) is 0 Å². The summed E-state index contributed by atoms with van der Waals surface area (Å²) in [5.41, 5.74) is 0.959. The Bertz CT molecular complexity index is 606. The number of likely N-dealkylation sites (tertiary alicyclic amines) is 1. The van der Waals surface area contributed by atoms with Gasteiger partial charge in [0.2, 0.25) is 0 Å². The molecular formula is C18H24N2O5. The number of carbonyl (C=O) groups excluding carboxylic acids is 3. The minimum atomic E-state index is -0.631. The van der Waals surface area contributed by atoms with Gasteiger partial charge in [0.25, 0.3) is 0 Å². The van der Waals surface area contributed by atoms with E-state index in [9.17, 15) is 19.5 Å². The maximum atomic E-state index is 12.2. The van der Waals surface area contributed by atoms with E-state index < -0.39 is 11.8 Å². The van der Waals surface area contributed by atoms with E-state index in [0.717, 1.165) is 5.56 Å². The van der Waals surface area contributed by atoms with Crippen molar-refractivity contribution in [1.29, 1.82) is 0 Å². The topological polar surface area (TPSA) is 95.9 Å². The zero-order valence-electron chi connectivity index (χ0n) is 14.4. The molecule has 0 bridgehead atoms. The molecule has 7 heteroatoms. The molecular weight excluding hydrogens is 324 g/mol. The summed E-state index contributed by atoms with van der Waals surface area (Å²) in [5, 5.41) is 11.8. The van der Waals surface area contributed by atoms with Crippen LogP contribution in [0.3, 0.4) is 0 Å². The number of phenolic OH excluding ortho intramolecular Hbond substituents is 1. The Kier molecular flexibility index (Phi) is 6.80. The molecule has 2 rings (SSSR count). The Morgan fingerprint density at radius 2 is 1.84 bits per heavy atom. The summed E-state index contributed by atoms with van der Waals surface area (Å²) in [6.45, 7) is 3.22. The lowest BCUT2D eigenvalue weighted by Crippen LogP contribution is -2.47. The summed E-state index contributed by atoms with van der Waals surface area (Å²) in [4.78, 5) is 37.3. The molecule has 1 fully saturated rings. The first-order valence-corrected chi connectivity index (χ1v) is 8.53. The van der Waals surface area contributed by atoms with E-state index in [1.54, 1.807) is 31.2 Å². The molecule has 1 aliphatic heterocycles. The van der Waals surface area contributed by atoms with Crippen LogP contribution in [-0.2, 0) is 25.5 Å². The Hall–Kier alpha value is -2.57. The first-order chi connectivity index (χ1) is 12.0. The Morgan fingerprint density at radius 3 is 2.44 bits per heavy atom. The Labute approximate surface area is 147 Å². The number of ether oxygens (including phenoxy) is 1. The molecule has 2 N–H and O–H groups in total. The van der Waals surface area contributed by atoms with Crippen molar-refractivity contribution >= 4 is 17.8 Å². The van der Waals surface area contributed by atoms with Gasteiger partial charge >= 0.3 is 17.8 Å². The SMILES string of the molecule is CCOC(=O)C1CCN(C(=O)C(=O)NCCc2ccc(O)cc2)CC1. The van der Waals surface area contributed by atoms with E-state index in [0.29, 0.717) is 45.5 Å². The molecule has 0 aliphatic carbocycles. The number of hydrogen-bond acceptors (Lipinski definition) is 5. The zero-order valence-corrected chi connectivity index (χ0v) is 14.4. The highest BCUT2D eigenvalue weighted by Crippen LogP contribution is 2.18.